The summed E-state index contributed by atoms with van der Waals surface area (Å²) >= 11 is 0. The number of aryl methyl sites for hydroxylation is 1. The average molecular weight is 271 g/mol. The van der Waals surface area contributed by atoms with Crippen LogP contribution in [-0.2, 0) is 14.8 Å². The number of nitrogens with one attached hydrogen (secondary N) is 1. The Morgan fingerprint density at radius 3 is 2.78 bits per heavy atom. The number of aromatic amines is 1. The molecule has 6 nitrogen and oxygen atoms in total. The van der Waals surface area contributed by atoms with Gasteiger partial charge < -0.3 is 0 Å². The van der Waals surface area contributed by atoms with Gasteiger partial charge in [-0.25, -0.2) is 8.42 Å². The second-order valence-electron chi connectivity index (χ2n) is 4.60. The van der Waals surface area contributed by atoms with Gasteiger partial charge in [-0.2, -0.15) is 9.40 Å². The van der Waals surface area contributed by atoms with Crippen LogP contribution in [0.15, 0.2) is 11.1 Å². The minimum absolute atomic E-state index is 0.0978. The topological polar surface area (TPSA) is 83.1 Å². The van der Waals surface area contributed by atoms with E-state index >= 15 is 0 Å². The van der Waals surface area contributed by atoms with Gasteiger partial charge in [-0.3, -0.25) is 9.89 Å². The number of aromatic nitrogens is 2. The molecule has 1 saturated heterocycles. The van der Waals surface area contributed by atoms with E-state index in [-0.39, 0.29) is 10.7 Å². The highest BCUT2D eigenvalue weighted by Crippen LogP contribution is 2.26. The number of ketones is 1. The molecule has 1 fully saturated rings. The minimum atomic E-state index is -3.62. The van der Waals surface area contributed by atoms with Crippen molar-refractivity contribution < 1.29 is 13.2 Å². The second-order valence-corrected chi connectivity index (χ2v) is 6.46. The Bertz CT molecular complexity index is 550. The second kappa shape index (κ2) is 4.81. The summed E-state index contributed by atoms with van der Waals surface area (Å²) in [6.07, 6.45) is 3.59. The predicted octanol–water partition coefficient (Wildman–Crippen LogP) is 0.850. The summed E-state index contributed by atoms with van der Waals surface area (Å²) < 4.78 is 26.3. The smallest absolute Gasteiger partial charge is 0.247 e. The van der Waals surface area contributed by atoms with E-state index in [9.17, 15) is 13.2 Å². The van der Waals surface area contributed by atoms with Crippen molar-refractivity contribution in [1.82, 2.24) is 14.5 Å². The van der Waals surface area contributed by atoms with Crippen molar-refractivity contribution in [3.8, 4) is 0 Å². The number of carbonyl (C=O) groups is 1. The Labute approximate surface area is 106 Å². The highest BCUT2D eigenvalue weighted by molar-refractivity contribution is 7.89. The highest BCUT2D eigenvalue weighted by Gasteiger charge is 2.37. The summed E-state index contributed by atoms with van der Waals surface area (Å²) in [4.78, 5) is 11.7. The minimum Gasteiger partial charge on any atom is -0.298 e. The number of piperidine rings is 1. The van der Waals surface area contributed by atoms with Crippen molar-refractivity contribution in [2.45, 2.75) is 44.0 Å². The standard InChI is InChI=1S/C11H17N3O3S/c1-8-11(7-12-13-8)18(16,17)14-6-4-3-5-10(14)9(2)15/h7,10H,3-6H2,1-2H3,(H,12,13). The molecule has 0 amide bonds. The lowest BCUT2D eigenvalue weighted by Crippen LogP contribution is -2.47. The molecule has 2 rings (SSSR count). The number of nitrogens with zero attached hydrogens (tertiary/aromatic N) is 2. The Balaban J connectivity index is 2.39. The summed E-state index contributed by atoms with van der Waals surface area (Å²) in [5.74, 6) is -0.0978. The van der Waals surface area contributed by atoms with Gasteiger partial charge in [0.25, 0.3) is 0 Å². The van der Waals surface area contributed by atoms with Gasteiger partial charge in [-0.05, 0) is 26.7 Å². The quantitative estimate of drug-likeness (QED) is 0.883. The number of rotatable bonds is 3. The summed E-state index contributed by atoms with van der Waals surface area (Å²) in [7, 11) is -3.62. The van der Waals surface area contributed by atoms with E-state index in [0.717, 1.165) is 12.8 Å². The van der Waals surface area contributed by atoms with Crippen LogP contribution in [0.4, 0.5) is 0 Å². The first-order chi connectivity index (χ1) is 8.44. The number of hydrogen-bond acceptors (Lipinski definition) is 4. The molecule has 0 bridgehead atoms. The van der Waals surface area contributed by atoms with Gasteiger partial charge in [0, 0.05) is 6.54 Å². The molecule has 1 aromatic heterocycles. The Kier molecular flexibility index (Phi) is 3.54. The number of Topliss-reactive ketones (excluding diaryl/α,β-unsaturated/α-hetero) is 1. The van der Waals surface area contributed by atoms with Crippen LogP contribution < -0.4 is 0 Å². The molecule has 0 saturated carbocycles. The van der Waals surface area contributed by atoms with Crippen LogP contribution in [0.1, 0.15) is 31.9 Å². The Morgan fingerprint density at radius 1 is 1.50 bits per heavy atom. The molecule has 7 heteroatoms. The van der Waals surface area contributed by atoms with E-state index in [0.29, 0.717) is 18.7 Å². The van der Waals surface area contributed by atoms with Crippen LogP contribution >= 0.6 is 0 Å². The molecule has 1 N–H and O–H groups in total. The van der Waals surface area contributed by atoms with Crippen molar-refractivity contribution in [2.24, 2.45) is 0 Å². The van der Waals surface area contributed by atoms with E-state index in [1.807, 2.05) is 0 Å². The van der Waals surface area contributed by atoms with Crippen LogP contribution in [0.2, 0.25) is 0 Å². The van der Waals surface area contributed by atoms with E-state index in [4.69, 9.17) is 0 Å². The molecule has 1 aliphatic rings. The number of hydrogen-bond donors (Lipinski definition) is 1. The maximum atomic E-state index is 12.5. The van der Waals surface area contributed by atoms with E-state index in [1.165, 1.54) is 17.4 Å². The molecule has 0 aliphatic carbocycles. The van der Waals surface area contributed by atoms with Crippen LogP contribution in [-0.4, -0.2) is 41.3 Å². The molecule has 0 radical (unpaired) electrons. The summed E-state index contributed by atoms with van der Waals surface area (Å²) in [5, 5.41) is 6.35. The summed E-state index contributed by atoms with van der Waals surface area (Å²) in [5.41, 5.74) is 0.503. The fraction of sp³-hybridized carbons (Fsp3) is 0.636. The van der Waals surface area contributed by atoms with Crippen LogP contribution in [0.3, 0.4) is 0 Å². The van der Waals surface area contributed by atoms with Gasteiger partial charge >= 0.3 is 0 Å². The molecular formula is C11H17N3O3S. The van der Waals surface area contributed by atoms with Crippen molar-refractivity contribution in [3.63, 3.8) is 0 Å². The van der Waals surface area contributed by atoms with Crippen LogP contribution in [0.25, 0.3) is 0 Å². The molecular weight excluding hydrogens is 254 g/mol. The SMILES string of the molecule is CC(=O)C1CCCCN1S(=O)(=O)c1cn[nH]c1C. The fourth-order valence-corrected chi connectivity index (χ4v) is 4.15. The maximum Gasteiger partial charge on any atom is 0.247 e. The van der Waals surface area contributed by atoms with E-state index in [2.05, 4.69) is 10.2 Å². The third-order valence-corrected chi connectivity index (χ3v) is 5.32. The lowest BCUT2D eigenvalue weighted by atomic mass is 10.0. The monoisotopic (exact) mass is 271 g/mol. The van der Waals surface area contributed by atoms with Gasteiger partial charge in [0.15, 0.2) is 0 Å². The third-order valence-electron chi connectivity index (χ3n) is 3.29. The molecule has 1 aliphatic heterocycles. The molecule has 1 atom stereocenters. The zero-order valence-corrected chi connectivity index (χ0v) is 11.3. The molecule has 2 heterocycles. The van der Waals surface area contributed by atoms with E-state index in [1.54, 1.807) is 6.92 Å². The zero-order chi connectivity index (χ0) is 13.3. The van der Waals surface area contributed by atoms with Gasteiger partial charge in [-0.1, -0.05) is 6.42 Å². The number of H-pyrrole nitrogens is 1. The first kappa shape index (κ1) is 13.2. The van der Waals surface area contributed by atoms with Crippen molar-refractivity contribution in [1.29, 1.82) is 0 Å². The molecule has 1 aromatic rings. The predicted molar refractivity (Wildman–Crippen MR) is 65.5 cm³/mol. The van der Waals surface area contributed by atoms with Gasteiger partial charge in [0.05, 0.1) is 17.9 Å². The largest absolute Gasteiger partial charge is 0.298 e. The molecule has 1 unspecified atom stereocenters. The van der Waals surface area contributed by atoms with Crippen molar-refractivity contribution >= 4 is 15.8 Å². The number of carbonyl (C=O) groups excluding carboxylic acids is 1. The highest BCUT2D eigenvalue weighted by atomic mass is 32.2. The van der Waals surface area contributed by atoms with Crippen LogP contribution in [0.5, 0.6) is 0 Å². The van der Waals surface area contributed by atoms with Crippen molar-refractivity contribution in [2.75, 3.05) is 6.54 Å². The Hall–Kier alpha value is -1.21. The van der Waals surface area contributed by atoms with Gasteiger partial charge in [0.2, 0.25) is 10.0 Å². The van der Waals surface area contributed by atoms with Crippen LogP contribution in [0, 0.1) is 6.92 Å². The molecule has 18 heavy (non-hydrogen) atoms. The van der Waals surface area contributed by atoms with Gasteiger partial charge in [-0.15, -0.1) is 0 Å². The molecule has 100 valence electrons. The normalized spacial score (nSPS) is 22.0. The Morgan fingerprint density at radius 2 is 2.22 bits per heavy atom. The van der Waals surface area contributed by atoms with Crippen molar-refractivity contribution in [3.05, 3.63) is 11.9 Å². The summed E-state index contributed by atoms with van der Waals surface area (Å²) in [6.45, 7) is 3.50. The first-order valence-electron chi connectivity index (χ1n) is 5.97. The maximum absolute atomic E-state index is 12.5. The van der Waals surface area contributed by atoms with E-state index < -0.39 is 16.1 Å². The number of sulfonamides is 1. The zero-order valence-electron chi connectivity index (χ0n) is 10.5. The lowest BCUT2D eigenvalue weighted by Gasteiger charge is -2.32. The third kappa shape index (κ3) is 2.20. The average Bonchev–Trinajstić information content (AvgIpc) is 2.76. The lowest BCUT2D eigenvalue weighted by molar-refractivity contribution is -0.121. The van der Waals surface area contributed by atoms with Gasteiger partial charge in [0.1, 0.15) is 10.7 Å². The fourth-order valence-electron chi connectivity index (χ4n) is 2.32. The summed E-state index contributed by atoms with van der Waals surface area (Å²) in [6, 6.07) is -0.530. The molecule has 0 spiro atoms. The first-order valence-corrected chi connectivity index (χ1v) is 7.41. The molecule has 0 aromatic carbocycles.